The Labute approximate surface area is 143 Å². The number of nitrogens with one attached hydrogen (secondary N) is 1. The van der Waals surface area contributed by atoms with Crippen molar-refractivity contribution in [3.8, 4) is 11.1 Å². The Kier molecular flexibility index (Phi) is 5.68. The van der Waals surface area contributed by atoms with Gasteiger partial charge in [-0.3, -0.25) is 4.55 Å². The largest absolute Gasteiger partial charge is 1.00 e. The van der Waals surface area contributed by atoms with Gasteiger partial charge in [-0.2, -0.15) is 8.42 Å². The van der Waals surface area contributed by atoms with Gasteiger partial charge in [0.2, 0.25) is 0 Å². The maximum Gasteiger partial charge on any atom is 1.00 e. The molecule has 0 saturated carbocycles. The maximum absolute atomic E-state index is 11.1. The van der Waals surface area contributed by atoms with Crippen LogP contribution in [-0.2, 0) is 10.1 Å². The van der Waals surface area contributed by atoms with Crippen LogP contribution in [-0.4, -0.2) is 28.4 Å². The molecule has 0 radical (unpaired) electrons. The van der Waals surface area contributed by atoms with Crippen LogP contribution in [0.15, 0.2) is 53.7 Å². The zero-order chi connectivity index (χ0) is 13.5. The summed E-state index contributed by atoms with van der Waals surface area (Å²) in [5.41, 5.74) is 2.82. The number of fused-ring (bicyclic) bond motifs is 1. The van der Waals surface area contributed by atoms with Crippen molar-refractivity contribution in [3.63, 3.8) is 0 Å². The van der Waals surface area contributed by atoms with E-state index in [4.69, 9.17) is 4.55 Å². The molecule has 0 amide bonds. The molecule has 3 aromatic rings. The Morgan fingerprint density at radius 2 is 1.67 bits per heavy atom. The number of para-hydroxylation sites is 1. The number of H-pyrrole nitrogens is 1. The van der Waals surface area contributed by atoms with Crippen molar-refractivity contribution >= 4 is 21.2 Å². The van der Waals surface area contributed by atoms with Crippen LogP contribution in [0.2, 0.25) is 0 Å². The first-order valence-corrected chi connectivity index (χ1v) is 7.01. The molecule has 0 aliphatic heterocycles. The molecule has 1 heterocycles. The third kappa shape index (κ3) is 3.52. The van der Waals surface area contributed by atoms with Gasteiger partial charge in [-0.05, 0) is 11.6 Å². The Balaban J connectivity index is 0.00000110. The first-order chi connectivity index (χ1) is 9.05. The van der Waals surface area contributed by atoms with E-state index in [1.54, 1.807) is 12.1 Å². The molecule has 0 bridgehead atoms. The molecule has 21 heavy (non-hydrogen) atoms. The number of aromatic nitrogens is 2. The van der Waals surface area contributed by atoms with Crippen LogP contribution in [0.5, 0.6) is 0 Å². The minimum Gasteiger partial charge on any atom is -0.870 e. The summed E-state index contributed by atoms with van der Waals surface area (Å²) in [5.74, 6) is 0. The quantitative estimate of drug-likeness (QED) is 0.480. The molecule has 0 unspecified atom stereocenters. The van der Waals surface area contributed by atoms with Gasteiger partial charge in [0.25, 0.3) is 5.16 Å². The van der Waals surface area contributed by atoms with Crippen molar-refractivity contribution < 1.29 is 48.0 Å². The molecule has 0 spiro atoms. The van der Waals surface area contributed by atoms with E-state index in [0.717, 1.165) is 11.1 Å². The summed E-state index contributed by atoms with van der Waals surface area (Å²) in [6.07, 6.45) is 0. The monoisotopic (exact) mass is 314 g/mol. The zero-order valence-corrected chi connectivity index (χ0v) is 14.0. The minimum atomic E-state index is -4.33. The van der Waals surface area contributed by atoms with E-state index in [1.165, 1.54) is 0 Å². The molecule has 0 aliphatic rings. The number of hydrogen-bond donors (Lipinski definition) is 2. The van der Waals surface area contributed by atoms with Crippen LogP contribution in [0, 0.1) is 0 Å². The van der Waals surface area contributed by atoms with Gasteiger partial charge in [0.1, 0.15) is 0 Å². The van der Waals surface area contributed by atoms with Crippen molar-refractivity contribution in [2.24, 2.45) is 0 Å². The summed E-state index contributed by atoms with van der Waals surface area (Å²) in [4.78, 5) is 6.56. The van der Waals surface area contributed by atoms with Gasteiger partial charge in [0, 0.05) is 5.56 Å². The van der Waals surface area contributed by atoms with Crippen LogP contribution in [0.1, 0.15) is 0 Å². The fraction of sp³-hybridized carbons (Fsp3) is 0. The molecule has 3 N–H and O–H groups in total. The first kappa shape index (κ1) is 17.8. The third-order valence-corrected chi connectivity index (χ3v) is 3.50. The van der Waals surface area contributed by atoms with E-state index in [0.29, 0.717) is 11.0 Å². The number of benzene rings is 2. The molecule has 6 nitrogen and oxygen atoms in total. The molecule has 8 heteroatoms. The summed E-state index contributed by atoms with van der Waals surface area (Å²) in [6.45, 7) is 0. The van der Waals surface area contributed by atoms with E-state index in [2.05, 4.69) is 9.97 Å². The predicted molar refractivity (Wildman–Crippen MR) is 73.3 cm³/mol. The second-order valence-electron chi connectivity index (χ2n) is 4.08. The second-order valence-corrected chi connectivity index (χ2v) is 5.42. The van der Waals surface area contributed by atoms with Gasteiger partial charge in [0.05, 0.1) is 11.0 Å². The van der Waals surface area contributed by atoms with E-state index in [-0.39, 0.29) is 35.0 Å². The van der Waals surface area contributed by atoms with Gasteiger partial charge in [-0.25, -0.2) is 4.98 Å². The molecule has 2 aromatic carbocycles. The Bertz CT molecular complexity index is 847. The fourth-order valence-electron chi connectivity index (χ4n) is 1.98. The van der Waals surface area contributed by atoms with E-state index in [1.807, 2.05) is 36.4 Å². The minimum absolute atomic E-state index is 0. The average Bonchev–Trinajstić information content (AvgIpc) is 2.83. The third-order valence-electron chi connectivity index (χ3n) is 2.82. The van der Waals surface area contributed by atoms with Crippen molar-refractivity contribution in [1.82, 2.24) is 9.97 Å². The van der Waals surface area contributed by atoms with Gasteiger partial charge in [0.15, 0.2) is 0 Å². The molecule has 0 saturated heterocycles. The van der Waals surface area contributed by atoms with Gasteiger partial charge in [-0.1, -0.05) is 42.5 Å². The molecule has 0 aliphatic carbocycles. The number of rotatable bonds is 2. The van der Waals surface area contributed by atoms with Crippen LogP contribution < -0.4 is 29.6 Å². The second kappa shape index (κ2) is 6.69. The molecule has 0 atom stereocenters. The summed E-state index contributed by atoms with van der Waals surface area (Å²) < 4.78 is 31.3. The van der Waals surface area contributed by atoms with Crippen LogP contribution in [0.4, 0.5) is 0 Å². The summed E-state index contributed by atoms with van der Waals surface area (Å²) in [7, 11) is -4.33. The SMILES string of the molecule is O=S(=O)(O)c1nc2c(-c3ccccc3)cccc2[nH]1.[Na+].[OH-]. The topological polar surface area (TPSA) is 113 Å². The van der Waals surface area contributed by atoms with Crippen molar-refractivity contribution in [2.45, 2.75) is 5.16 Å². The maximum atomic E-state index is 11.1. The Hall–Kier alpha value is -1.22. The van der Waals surface area contributed by atoms with Crippen molar-refractivity contribution in [3.05, 3.63) is 48.5 Å². The van der Waals surface area contributed by atoms with E-state index >= 15 is 0 Å². The Morgan fingerprint density at radius 3 is 2.29 bits per heavy atom. The molecule has 3 rings (SSSR count). The Morgan fingerprint density at radius 1 is 1.00 bits per heavy atom. The van der Waals surface area contributed by atoms with E-state index in [9.17, 15) is 8.42 Å². The normalized spacial score (nSPS) is 10.7. The first-order valence-electron chi connectivity index (χ1n) is 5.57. The fourth-order valence-corrected chi connectivity index (χ4v) is 2.43. The van der Waals surface area contributed by atoms with Crippen LogP contribution in [0.3, 0.4) is 0 Å². The van der Waals surface area contributed by atoms with Gasteiger partial charge in [-0.15, -0.1) is 0 Å². The number of hydrogen-bond acceptors (Lipinski definition) is 4. The van der Waals surface area contributed by atoms with Gasteiger partial charge >= 0.3 is 39.7 Å². The van der Waals surface area contributed by atoms with Gasteiger partial charge < -0.3 is 10.5 Å². The average molecular weight is 314 g/mol. The summed E-state index contributed by atoms with van der Waals surface area (Å²) in [5, 5.41) is -0.439. The molecular weight excluding hydrogens is 303 g/mol. The number of nitrogens with zero attached hydrogens (tertiary/aromatic N) is 1. The molecular formula is C13H11N2NaO4S. The van der Waals surface area contributed by atoms with Crippen LogP contribution >= 0.6 is 0 Å². The van der Waals surface area contributed by atoms with Crippen molar-refractivity contribution in [2.75, 3.05) is 0 Å². The van der Waals surface area contributed by atoms with Crippen molar-refractivity contribution in [1.29, 1.82) is 0 Å². The predicted octanol–water partition coefficient (Wildman–Crippen LogP) is -0.696. The molecule has 0 fully saturated rings. The van der Waals surface area contributed by atoms with E-state index < -0.39 is 15.3 Å². The standard InChI is InChI=1S/C13H10N2O3S.Na.H2O/c16-19(17,18)13-14-11-8-4-7-10(12(11)15-13)9-5-2-1-3-6-9;;/h1-8H,(H,14,15)(H,16,17,18);;1H2/q;+1;/p-1. The number of imidazole rings is 1. The molecule has 1 aromatic heterocycles. The smallest absolute Gasteiger partial charge is 0.870 e. The zero-order valence-electron chi connectivity index (χ0n) is 11.2. The number of aromatic amines is 1. The summed E-state index contributed by atoms with van der Waals surface area (Å²) in [6, 6.07) is 14.9. The van der Waals surface area contributed by atoms with Crippen LogP contribution in [0.25, 0.3) is 22.2 Å². The summed E-state index contributed by atoms with van der Waals surface area (Å²) >= 11 is 0. The molecule has 104 valence electrons.